The van der Waals surface area contributed by atoms with E-state index >= 15 is 0 Å². The van der Waals surface area contributed by atoms with Gasteiger partial charge in [-0.05, 0) is 18.0 Å². The first kappa shape index (κ1) is 19.7. The molecule has 0 spiro atoms. The van der Waals surface area contributed by atoms with Crippen LogP contribution < -0.4 is 0 Å². The predicted molar refractivity (Wildman–Crippen MR) is 113 cm³/mol. The Kier molecular flexibility index (Phi) is 7.28. The van der Waals surface area contributed by atoms with Crippen LogP contribution in [-0.4, -0.2) is 4.98 Å². The van der Waals surface area contributed by atoms with E-state index < -0.39 is 0 Å². The summed E-state index contributed by atoms with van der Waals surface area (Å²) < 4.78 is 6.18. The normalized spacial score (nSPS) is 10.6. The SMILES string of the molecule is CCCCCCCCc1oc(-c2ccccc2N=[N+]=[N-])nc1-c1ccccc1. The minimum absolute atomic E-state index is 0.503. The Morgan fingerprint density at radius 2 is 1.64 bits per heavy atom. The molecule has 5 nitrogen and oxygen atoms in total. The lowest BCUT2D eigenvalue weighted by Gasteiger charge is -2.02. The van der Waals surface area contributed by atoms with Gasteiger partial charge in [-0.3, -0.25) is 0 Å². The number of rotatable bonds is 10. The number of aryl methyl sites for hydroxylation is 1. The minimum atomic E-state index is 0.503. The summed E-state index contributed by atoms with van der Waals surface area (Å²) in [5, 5.41) is 3.78. The van der Waals surface area contributed by atoms with Crippen molar-refractivity contribution in [1.82, 2.24) is 4.98 Å². The molecule has 0 radical (unpaired) electrons. The lowest BCUT2D eigenvalue weighted by Crippen LogP contribution is -1.88. The van der Waals surface area contributed by atoms with E-state index in [9.17, 15) is 0 Å². The second-order valence-corrected chi connectivity index (χ2v) is 6.88. The summed E-state index contributed by atoms with van der Waals surface area (Å²) in [6.07, 6.45) is 8.24. The topological polar surface area (TPSA) is 74.8 Å². The maximum absolute atomic E-state index is 8.84. The maximum Gasteiger partial charge on any atom is 0.227 e. The molecule has 1 aromatic heterocycles. The average molecular weight is 374 g/mol. The van der Waals surface area contributed by atoms with Gasteiger partial charge in [0, 0.05) is 22.5 Å². The van der Waals surface area contributed by atoms with Gasteiger partial charge in [0.15, 0.2) is 0 Å². The van der Waals surface area contributed by atoms with Crippen molar-refractivity contribution >= 4 is 5.69 Å². The van der Waals surface area contributed by atoms with E-state index in [4.69, 9.17) is 14.9 Å². The van der Waals surface area contributed by atoms with Crippen LogP contribution in [0, 0.1) is 0 Å². The molecule has 0 bridgehead atoms. The number of azide groups is 1. The van der Waals surface area contributed by atoms with Crippen molar-refractivity contribution in [3.63, 3.8) is 0 Å². The van der Waals surface area contributed by atoms with E-state index in [1.807, 2.05) is 48.5 Å². The molecule has 3 rings (SSSR count). The van der Waals surface area contributed by atoms with Crippen LogP contribution in [0.4, 0.5) is 5.69 Å². The fourth-order valence-corrected chi connectivity index (χ4v) is 3.31. The summed E-state index contributed by atoms with van der Waals surface area (Å²) >= 11 is 0. The van der Waals surface area contributed by atoms with Crippen molar-refractivity contribution in [2.24, 2.45) is 5.11 Å². The molecule has 0 aliphatic carbocycles. The van der Waals surface area contributed by atoms with Gasteiger partial charge in [-0.15, -0.1) is 0 Å². The molecule has 0 atom stereocenters. The van der Waals surface area contributed by atoms with Gasteiger partial charge in [-0.1, -0.05) is 92.7 Å². The summed E-state index contributed by atoms with van der Waals surface area (Å²) in [6.45, 7) is 2.23. The van der Waals surface area contributed by atoms with Crippen LogP contribution >= 0.6 is 0 Å². The third-order valence-electron chi connectivity index (χ3n) is 4.79. The van der Waals surface area contributed by atoms with Gasteiger partial charge in [-0.25, -0.2) is 4.98 Å². The van der Waals surface area contributed by atoms with E-state index in [1.165, 1.54) is 32.1 Å². The van der Waals surface area contributed by atoms with Gasteiger partial charge in [-0.2, -0.15) is 0 Å². The van der Waals surface area contributed by atoms with E-state index in [0.717, 1.165) is 29.9 Å². The second kappa shape index (κ2) is 10.3. The highest BCUT2D eigenvalue weighted by atomic mass is 16.4. The van der Waals surface area contributed by atoms with E-state index in [2.05, 4.69) is 16.9 Å². The van der Waals surface area contributed by atoms with Crippen molar-refractivity contribution in [3.05, 3.63) is 70.8 Å². The molecule has 0 fully saturated rings. The monoisotopic (exact) mass is 374 g/mol. The number of hydrogen-bond donors (Lipinski definition) is 0. The third kappa shape index (κ3) is 5.02. The molecule has 0 aliphatic heterocycles. The summed E-state index contributed by atoms with van der Waals surface area (Å²) in [4.78, 5) is 7.69. The van der Waals surface area contributed by atoms with Crippen LogP contribution in [0.2, 0.25) is 0 Å². The van der Waals surface area contributed by atoms with Crippen molar-refractivity contribution in [2.75, 3.05) is 0 Å². The molecule has 0 N–H and O–H groups in total. The quantitative estimate of drug-likeness (QED) is 0.157. The van der Waals surface area contributed by atoms with Crippen molar-refractivity contribution in [3.8, 4) is 22.7 Å². The van der Waals surface area contributed by atoms with E-state index in [-0.39, 0.29) is 0 Å². The summed E-state index contributed by atoms with van der Waals surface area (Å²) in [7, 11) is 0. The van der Waals surface area contributed by atoms with Gasteiger partial charge in [0.2, 0.25) is 5.89 Å². The van der Waals surface area contributed by atoms with Crippen LogP contribution in [0.15, 0.2) is 64.1 Å². The Morgan fingerprint density at radius 3 is 2.43 bits per heavy atom. The molecule has 5 heteroatoms. The average Bonchev–Trinajstić information content (AvgIpc) is 3.16. The first-order chi connectivity index (χ1) is 13.8. The number of nitrogens with zero attached hydrogens (tertiary/aromatic N) is 4. The summed E-state index contributed by atoms with van der Waals surface area (Å²) in [5.74, 6) is 1.40. The molecule has 0 unspecified atom stereocenters. The van der Waals surface area contributed by atoms with Crippen LogP contribution in [0.1, 0.15) is 51.2 Å². The molecule has 3 aromatic rings. The van der Waals surface area contributed by atoms with Crippen LogP contribution in [0.5, 0.6) is 0 Å². The Labute approximate surface area is 166 Å². The lowest BCUT2D eigenvalue weighted by molar-refractivity contribution is 0.500. The fraction of sp³-hybridized carbons (Fsp3) is 0.348. The smallest absolute Gasteiger partial charge is 0.227 e. The maximum atomic E-state index is 8.84. The van der Waals surface area contributed by atoms with Crippen molar-refractivity contribution in [2.45, 2.75) is 51.9 Å². The Balaban J connectivity index is 1.87. The highest BCUT2D eigenvalue weighted by Crippen LogP contribution is 2.34. The van der Waals surface area contributed by atoms with E-state index in [0.29, 0.717) is 17.1 Å². The molecular weight excluding hydrogens is 348 g/mol. The molecular formula is C23H26N4O. The Morgan fingerprint density at radius 1 is 0.929 bits per heavy atom. The molecule has 1 heterocycles. The summed E-state index contributed by atoms with van der Waals surface area (Å²) in [5.41, 5.74) is 12.0. The number of benzene rings is 2. The first-order valence-corrected chi connectivity index (χ1v) is 10.0. The largest absolute Gasteiger partial charge is 0.440 e. The lowest BCUT2D eigenvalue weighted by atomic mass is 10.1. The number of hydrogen-bond acceptors (Lipinski definition) is 3. The van der Waals surface area contributed by atoms with Crippen molar-refractivity contribution in [1.29, 1.82) is 0 Å². The molecule has 0 saturated heterocycles. The zero-order chi connectivity index (χ0) is 19.6. The Hall–Kier alpha value is -3.04. The standard InChI is InChI=1S/C23H26N4O/c1-2-3-4-5-6-10-17-21-22(18-13-8-7-9-14-18)25-23(28-21)19-15-11-12-16-20(19)26-27-24/h7-9,11-16H,2-6,10,17H2,1H3. The van der Waals surface area contributed by atoms with Gasteiger partial charge in [0.25, 0.3) is 0 Å². The van der Waals surface area contributed by atoms with Gasteiger partial charge in [0.05, 0.1) is 5.69 Å². The third-order valence-corrected chi connectivity index (χ3v) is 4.79. The minimum Gasteiger partial charge on any atom is -0.440 e. The van der Waals surface area contributed by atoms with Gasteiger partial charge < -0.3 is 4.42 Å². The molecule has 2 aromatic carbocycles. The molecule has 144 valence electrons. The second-order valence-electron chi connectivity index (χ2n) is 6.88. The van der Waals surface area contributed by atoms with Crippen molar-refractivity contribution < 1.29 is 4.42 Å². The van der Waals surface area contributed by atoms with Gasteiger partial charge in [0.1, 0.15) is 11.5 Å². The first-order valence-electron chi connectivity index (χ1n) is 10.0. The highest BCUT2D eigenvalue weighted by molar-refractivity contribution is 5.72. The zero-order valence-corrected chi connectivity index (χ0v) is 16.3. The summed E-state index contributed by atoms with van der Waals surface area (Å²) in [6, 6.07) is 17.5. The number of oxazole rings is 1. The highest BCUT2D eigenvalue weighted by Gasteiger charge is 2.17. The number of aromatic nitrogens is 1. The predicted octanol–water partition coefficient (Wildman–Crippen LogP) is 7.85. The van der Waals surface area contributed by atoms with Crippen LogP contribution in [0.3, 0.4) is 0 Å². The zero-order valence-electron chi connectivity index (χ0n) is 16.3. The van der Waals surface area contributed by atoms with Gasteiger partial charge >= 0.3 is 0 Å². The van der Waals surface area contributed by atoms with Crippen LogP contribution in [-0.2, 0) is 6.42 Å². The fourth-order valence-electron chi connectivity index (χ4n) is 3.31. The molecule has 28 heavy (non-hydrogen) atoms. The van der Waals surface area contributed by atoms with Crippen LogP contribution in [0.25, 0.3) is 33.2 Å². The Bertz CT molecular complexity index is 927. The molecule has 0 aliphatic rings. The molecule has 0 saturated carbocycles. The molecule has 0 amide bonds. The number of unbranched alkanes of at least 4 members (excludes halogenated alkanes) is 5. The van der Waals surface area contributed by atoms with E-state index in [1.54, 1.807) is 6.07 Å².